The van der Waals surface area contributed by atoms with Gasteiger partial charge in [0.15, 0.2) is 11.3 Å². The van der Waals surface area contributed by atoms with Crippen molar-refractivity contribution in [3.63, 3.8) is 0 Å². The van der Waals surface area contributed by atoms with Gasteiger partial charge in [-0.3, -0.25) is 4.40 Å². The monoisotopic (exact) mass is 231 g/mol. The Labute approximate surface area is 97.1 Å². The van der Waals surface area contributed by atoms with Crippen LogP contribution in [0.4, 0.5) is 0 Å². The summed E-state index contributed by atoms with van der Waals surface area (Å²) in [6, 6.07) is 0.159. The molecule has 3 heterocycles. The second-order valence-corrected chi connectivity index (χ2v) is 4.17. The first-order valence-electron chi connectivity index (χ1n) is 5.53. The van der Waals surface area contributed by atoms with E-state index in [4.69, 9.17) is 5.73 Å². The number of aryl methyl sites for hydroxylation is 1. The first kappa shape index (κ1) is 10.2. The van der Waals surface area contributed by atoms with Gasteiger partial charge in [0.1, 0.15) is 17.7 Å². The standard InChI is InChI=1S/C10H13N7/c1-6(11)2-3-7-15-16-10-8-9(13-4-12-8)14-5-17(7)10/h4-6H,2-3,11H2,1H3,(H,12,13). The van der Waals surface area contributed by atoms with E-state index in [1.165, 1.54) is 0 Å². The molecule has 3 N–H and O–H groups in total. The SMILES string of the molecule is CC(N)CCc1nnc2c3[nH]cnc3ncn12. The quantitative estimate of drug-likeness (QED) is 0.674. The molecule has 0 bridgehead atoms. The van der Waals surface area contributed by atoms with Gasteiger partial charge in [0.25, 0.3) is 0 Å². The minimum atomic E-state index is 0.159. The number of hydrogen-bond acceptors (Lipinski definition) is 5. The molecule has 0 amide bonds. The average molecular weight is 231 g/mol. The fourth-order valence-corrected chi connectivity index (χ4v) is 1.80. The lowest BCUT2D eigenvalue weighted by molar-refractivity contribution is 0.643. The summed E-state index contributed by atoms with van der Waals surface area (Å²) < 4.78 is 1.88. The number of rotatable bonds is 3. The molecular weight excluding hydrogens is 218 g/mol. The maximum atomic E-state index is 5.74. The number of nitrogens with zero attached hydrogens (tertiary/aromatic N) is 5. The molecule has 0 spiro atoms. The summed E-state index contributed by atoms with van der Waals surface area (Å²) in [5.41, 5.74) is 7.96. The summed E-state index contributed by atoms with van der Waals surface area (Å²) >= 11 is 0. The third-order valence-corrected chi connectivity index (χ3v) is 2.73. The molecular formula is C10H13N7. The fourth-order valence-electron chi connectivity index (χ4n) is 1.80. The molecule has 0 fully saturated rings. The Hall–Kier alpha value is -2.02. The third kappa shape index (κ3) is 1.64. The summed E-state index contributed by atoms with van der Waals surface area (Å²) in [4.78, 5) is 11.3. The van der Waals surface area contributed by atoms with Crippen LogP contribution >= 0.6 is 0 Å². The molecule has 1 atom stereocenters. The van der Waals surface area contributed by atoms with Crippen LogP contribution < -0.4 is 5.73 Å². The van der Waals surface area contributed by atoms with Gasteiger partial charge in [-0.05, 0) is 13.3 Å². The first-order valence-corrected chi connectivity index (χ1v) is 5.53. The highest BCUT2D eigenvalue weighted by Crippen LogP contribution is 2.13. The summed E-state index contributed by atoms with van der Waals surface area (Å²) in [5, 5.41) is 8.32. The molecule has 1 unspecified atom stereocenters. The number of aromatic nitrogens is 6. The van der Waals surface area contributed by atoms with E-state index in [2.05, 4.69) is 25.1 Å². The van der Waals surface area contributed by atoms with Gasteiger partial charge in [0, 0.05) is 12.5 Å². The first-order chi connectivity index (χ1) is 8.25. The lowest BCUT2D eigenvalue weighted by atomic mass is 10.2. The zero-order chi connectivity index (χ0) is 11.8. The molecule has 0 saturated heterocycles. The molecule has 88 valence electrons. The van der Waals surface area contributed by atoms with Crippen molar-refractivity contribution in [3.05, 3.63) is 18.5 Å². The predicted octanol–water partition coefficient (Wildman–Crippen LogP) is 0.280. The van der Waals surface area contributed by atoms with E-state index in [9.17, 15) is 0 Å². The van der Waals surface area contributed by atoms with E-state index in [1.807, 2.05) is 11.3 Å². The third-order valence-electron chi connectivity index (χ3n) is 2.73. The molecule has 0 aliphatic heterocycles. The Morgan fingerprint density at radius 2 is 2.29 bits per heavy atom. The molecule has 0 aliphatic rings. The van der Waals surface area contributed by atoms with Gasteiger partial charge in [0.2, 0.25) is 0 Å². The lowest BCUT2D eigenvalue weighted by Crippen LogP contribution is -2.16. The van der Waals surface area contributed by atoms with E-state index in [0.717, 1.165) is 29.8 Å². The van der Waals surface area contributed by atoms with Crippen molar-refractivity contribution in [2.24, 2.45) is 5.73 Å². The molecule has 0 aromatic carbocycles. The fraction of sp³-hybridized carbons (Fsp3) is 0.400. The van der Waals surface area contributed by atoms with Crippen molar-refractivity contribution in [1.82, 2.24) is 29.5 Å². The Kier molecular flexibility index (Phi) is 2.25. The lowest BCUT2D eigenvalue weighted by Gasteiger charge is -2.02. The summed E-state index contributed by atoms with van der Waals surface area (Å²) in [6.45, 7) is 1.98. The van der Waals surface area contributed by atoms with Crippen LogP contribution in [0.3, 0.4) is 0 Å². The highest BCUT2D eigenvalue weighted by Gasteiger charge is 2.11. The van der Waals surface area contributed by atoms with E-state index in [-0.39, 0.29) is 6.04 Å². The van der Waals surface area contributed by atoms with Gasteiger partial charge in [-0.15, -0.1) is 10.2 Å². The second kappa shape index (κ2) is 3.77. The van der Waals surface area contributed by atoms with Crippen molar-refractivity contribution in [3.8, 4) is 0 Å². The molecule has 0 aliphatic carbocycles. The topological polar surface area (TPSA) is 97.8 Å². The minimum absolute atomic E-state index is 0.159. The average Bonchev–Trinajstić information content (AvgIpc) is 2.91. The summed E-state index contributed by atoms with van der Waals surface area (Å²) in [6.07, 6.45) is 4.98. The van der Waals surface area contributed by atoms with Crippen LogP contribution in [0.2, 0.25) is 0 Å². The minimum Gasteiger partial charge on any atom is -0.340 e. The van der Waals surface area contributed by atoms with Crippen LogP contribution in [0.5, 0.6) is 0 Å². The molecule has 7 heteroatoms. The van der Waals surface area contributed by atoms with Crippen LogP contribution in [0.15, 0.2) is 12.7 Å². The number of aromatic amines is 1. The second-order valence-electron chi connectivity index (χ2n) is 4.17. The Balaban J connectivity index is 2.09. The summed E-state index contributed by atoms with van der Waals surface area (Å²) in [5.74, 6) is 0.876. The van der Waals surface area contributed by atoms with Gasteiger partial charge < -0.3 is 10.7 Å². The van der Waals surface area contributed by atoms with Crippen LogP contribution in [0, 0.1) is 0 Å². The van der Waals surface area contributed by atoms with Crippen molar-refractivity contribution < 1.29 is 0 Å². The number of fused-ring (bicyclic) bond motifs is 3. The highest BCUT2D eigenvalue weighted by molar-refractivity contribution is 5.84. The van der Waals surface area contributed by atoms with Crippen LogP contribution in [0.25, 0.3) is 16.8 Å². The molecule has 3 aromatic heterocycles. The number of nitrogens with one attached hydrogen (secondary N) is 1. The van der Waals surface area contributed by atoms with E-state index in [1.54, 1.807) is 12.7 Å². The largest absolute Gasteiger partial charge is 0.340 e. The molecule has 17 heavy (non-hydrogen) atoms. The Morgan fingerprint density at radius 1 is 1.41 bits per heavy atom. The highest BCUT2D eigenvalue weighted by atomic mass is 15.3. The van der Waals surface area contributed by atoms with Crippen LogP contribution in [-0.4, -0.2) is 35.6 Å². The van der Waals surface area contributed by atoms with Crippen LogP contribution in [-0.2, 0) is 6.42 Å². The number of H-pyrrole nitrogens is 1. The number of imidazole rings is 1. The van der Waals surface area contributed by atoms with Crippen molar-refractivity contribution in [1.29, 1.82) is 0 Å². The smallest absolute Gasteiger partial charge is 0.189 e. The van der Waals surface area contributed by atoms with E-state index in [0.29, 0.717) is 5.65 Å². The van der Waals surface area contributed by atoms with Crippen molar-refractivity contribution >= 4 is 16.8 Å². The number of hydrogen-bond donors (Lipinski definition) is 2. The molecule has 0 saturated carbocycles. The molecule has 3 rings (SSSR count). The molecule has 0 radical (unpaired) electrons. The molecule has 3 aromatic rings. The van der Waals surface area contributed by atoms with Crippen molar-refractivity contribution in [2.45, 2.75) is 25.8 Å². The molecule has 7 nitrogen and oxygen atoms in total. The normalized spacial score (nSPS) is 13.5. The van der Waals surface area contributed by atoms with Crippen molar-refractivity contribution in [2.75, 3.05) is 0 Å². The van der Waals surface area contributed by atoms with Gasteiger partial charge in [-0.1, -0.05) is 0 Å². The van der Waals surface area contributed by atoms with Crippen LogP contribution in [0.1, 0.15) is 19.2 Å². The van der Waals surface area contributed by atoms with Gasteiger partial charge in [-0.25, -0.2) is 9.97 Å². The van der Waals surface area contributed by atoms with Gasteiger partial charge >= 0.3 is 0 Å². The zero-order valence-corrected chi connectivity index (χ0v) is 9.46. The van der Waals surface area contributed by atoms with Gasteiger partial charge in [-0.2, -0.15) is 0 Å². The predicted molar refractivity (Wildman–Crippen MR) is 62.4 cm³/mol. The summed E-state index contributed by atoms with van der Waals surface area (Å²) in [7, 11) is 0. The maximum absolute atomic E-state index is 5.74. The van der Waals surface area contributed by atoms with E-state index >= 15 is 0 Å². The maximum Gasteiger partial charge on any atom is 0.189 e. The zero-order valence-electron chi connectivity index (χ0n) is 9.46. The Morgan fingerprint density at radius 3 is 3.12 bits per heavy atom. The van der Waals surface area contributed by atoms with E-state index < -0.39 is 0 Å². The Bertz CT molecular complexity index is 651. The van der Waals surface area contributed by atoms with Gasteiger partial charge in [0.05, 0.1) is 6.33 Å². The number of nitrogens with two attached hydrogens (primary N) is 1.